The molecule has 2 heterocycles. The van der Waals surface area contributed by atoms with Crippen LogP contribution in [0.1, 0.15) is 19.4 Å². The van der Waals surface area contributed by atoms with Gasteiger partial charge in [-0.15, -0.1) is 0 Å². The molecule has 0 bridgehead atoms. The number of nitrogens with one attached hydrogen (secondary N) is 1. The Kier molecular flexibility index (Phi) is 6.68. The second kappa shape index (κ2) is 9.48. The van der Waals surface area contributed by atoms with Gasteiger partial charge in [0.05, 0.1) is 4.90 Å². The minimum absolute atomic E-state index is 0.159. The van der Waals surface area contributed by atoms with Crippen molar-refractivity contribution < 1.29 is 22.7 Å². The van der Waals surface area contributed by atoms with E-state index in [9.17, 15) is 13.2 Å². The summed E-state index contributed by atoms with van der Waals surface area (Å²) in [6.45, 7) is 7.27. The Morgan fingerprint density at radius 1 is 1.00 bits per heavy atom. The Morgan fingerprint density at radius 3 is 2.38 bits per heavy atom. The van der Waals surface area contributed by atoms with E-state index < -0.39 is 16.1 Å². The maximum Gasteiger partial charge on any atom is 0.241 e. The van der Waals surface area contributed by atoms with Crippen LogP contribution in [-0.4, -0.2) is 63.1 Å². The fraction of sp³-hybridized carbons (Fsp3) is 0.435. The van der Waals surface area contributed by atoms with Crippen molar-refractivity contribution in [3.63, 3.8) is 0 Å². The van der Waals surface area contributed by atoms with Crippen molar-refractivity contribution in [3.05, 3.63) is 54.1 Å². The first-order chi connectivity index (χ1) is 15.3. The average Bonchev–Trinajstić information content (AvgIpc) is 3.26. The topological polar surface area (TPSA) is 88.2 Å². The number of rotatable bonds is 7. The zero-order chi connectivity index (χ0) is 22.7. The third-order valence-electron chi connectivity index (χ3n) is 5.80. The van der Waals surface area contributed by atoms with Gasteiger partial charge in [-0.25, -0.2) is 8.42 Å². The first-order valence-electron chi connectivity index (χ1n) is 10.8. The third-order valence-corrected chi connectivity index (χ3v) is 7.25. The monoisotopic (exact) mass is 459 g/mol. The number of benzene rings is 2. The number of fused-ring (bicyclic) bond motifs is 1. The molecule has 2 aromatic carbocycles. The molecule has 0 saturated carbocycles. The van der Waals surface area contributed by atoms with E-state index in [0.717, 1.165) is 36.7 Å². The molecule has 1 saturated heterocycles. The van der Waals surface area contributed by atoms with E-state index in [0.29, 0.717) is 13.1 Å². The van der Waals surface area contributed by atoms with Crippen molar-refractivity contribution >= 4 is 15.9 Å². The van der Waals surface area contributed by atoms with E-state index >= 15 is 0 Å². The van der Waals surface area contributed by atoms with Crippen molar-refractivity contribution in [2.24, 2.45) is 5.92 Å². The number of nitrogens with zero attached hydrogens (tertiary/aromatic N) is 2. The first kappa shape index (κ1) is 22.6. The highest BCUT2D eigenvalue weighted by Gasteiger charge is 2.33. The van der Waals surface area contributed by atoms with Gasteiger partial charge in [0.1, 0.15) is 6.04 Å². The molecule has 32 heavy (non-hydrogen) atoms. The Morgan fingerprint density at radius 2 is 1.69 bits per heavy atom. The molecule has 1 N–H and O–H groups in total. The summed E-state index contributed by atoms with van der Waals surface area (Å²) < 4.78 is 39.0. The minimum atomic E-state index is -3.77. The molecule has 9 heteroatoms. The quantitative estimate of drug-likeness (QED) is 0.682. The number of hydrogen-bond donors (Lipinski definition) is 1. The number of hydrogen-bond acceptors (Lipinski definition) is 6. The van der Waals surface area contributed by atoms with Crippen molar-refractivity contribution in [2.75, 3.05) is 33.0 Å². The summed E-state index contributed by atoms with van der Waals surface area (Å²) >= 11 is 0. The largest absolute Gasteiger partial charge is 0.454 e. The number of ether oxygens (including phenoxy) is 2. The zero-order valence-corrected chi connectivity index (χ0v) is 19.2. The molecule has 2 aliphatic rings. The Labute approximate surface area is 189 Å². The van der Waals surface area contributed by atoms with Crippen LogP contribution in [0.15, 0.2) is 53.4 Å². The number of carbonyl (C=O) groups excluding carboxylic acids is 1. The standard InChI is InChI=1S/C23H29N3O5S/c1-17(2)22(24-32(28,29)19-6-4-3-5-7-19)23(27)26-12-10-25(11-13-26)15-18-8-9-20-21(14-18)31-16-30-20/h3-9,14,17,22,24H,10-13,15-16H2,1-2H3. The van der Waals surface area contributed by atoms with Crippen LogP contribution in [0.2, 0.25) is 0 Å². The summed E-state index contributed by atoms with van der Waals surface area (Å²) in [4.78, 5) is 17.4. The lowest BCUT2D eigenvalue weighted by Gasteiger charge is -2.37. The number of amides is 1. The predicted octanol–water partition coefficient (Wildman–Crippen LogP) is 2.06. The van der Waals surface area contributed by atoms with E-state index in [1.54, 1.807) is 23.1 Å². The normalized spacial score (nSPS) is 17.5. The lowest BCUT2D eigenvalue weighted by molar-refractivity contribution is -0.135. The minimum Gasteiger partial charge on any atom is -0.454 e. The van der Waals surface area contributed by atoms with E-state index in [-0.39, 0.29) is 23.5 Å². The number of sulfonamides is 1. The number of carbonyl (C=O) groups is 1. The van der Waals surface area contributed by atoms with Crippen molar-refractivity contribution in [1.29, 1.82) is 0 Å². The fourth-order valence-electron chi connectivity index (χ4n) is 3.93. The molecule has 4 rings (SSSR count). The van der Waals surface area contributed by atoms with Crippen LogP contribution >= 0.6 is 0 Å². The molecule has 0 spiro atoms. The highest BCUT2D eigenvalue weighted by Crippen LogP contribution is 2.32. The summed E-state index contributed by atoms with van der Waals surface area (Å²) in [5.41, 5.74) is 1.13. The van der Waals surface area contributed by atoms with Gasteiger partial charge in [0, 0.05) is 32.7 Å². The molecule has 172 valence electrons. The molecule has 1 atom stereocenters. The zero-order valence-electron chi connectivity index (χ0n) is 18.4. The van der Waals surface area contributed by atoms with Crippen LogP contribution in [0.5, 0.6) is 11.5 Å². The van der Waals surface area contributed by atoms with Crippen LogP contribution in [-0.2, 0) is 21.4 Å². The summed E-state index contributed by atoms with van der Waals surface area (Å²) in [5.74, 6) is 1.18. The molecule has 0 aromatic heterocycles. The van der Waals surface area contributed by atoms with Gasteiger partial charge in [-0.3, -0.25) is 9.69 Å². The highest BCUT2D eigenvalue weighted by molar-refractivity contribution is 7.89. The van der Waals surface area contributed by atoms with Gasteiger partial charge in [0.15, 0.2) is 11.5 Å². The predicted molar refractivity (Wildman–Crippen MR) is 120 cm³/mol. The smallest absolute Gasteiger partial charge is 0.241 e. The first-order valence-corrected chi connectivity index (χ1v) is 12.3. The Hall–Kier alpha value is -2.62. The van der Waals surface area contributed by atoms with Gasteiger partial charge < -0.3 is 14.4 Å². The van der Waals surface area contributed by atoms with Gasteiger partial charge in [0.25, 0.3) is 0 Å². The van der Waals surface area contributed by atoms with Crippen LogP contribution in [0.4, 0.5) is 0 Å². The summed E-state index contributed by atoms with van der Waals surface area (Å²) in [6.07, 6.45) is 0. The molecule has 1 fully saturated rings. The molecule has 2 aromatic rings. The lowest BCUT2D eigenvalue weighted by Crippen LogP contribution is -2.56. The highest BCUT2D eigenvalue weighted by atomic mass is 32.2. The van der Waals surface area contributed by atoms with Crippen LogP contribution in [0.25, 0.3) is 0 Å². The summed E-state index contributed by atoms with van der Waals surface area (Å²) in [6, 6.07) is 13.3. The maximum atomic E-state index is 13.2. The molecule has 0 aliphatic carbocycles. The van der Waals surface area contributed by atoms with E-state index in [2.05, 4.69) is 9.62 Å². The average molecular weight is 460 g/mol. The van der Waals surface area contributed by atoms with E-state index in [1.807, 2.05) is 32.0 Å². The summed E-state index contributed by atoms with van der Waals surface area (Å²) in [7, 11) is -3.77. The van der Waals surface area contributed by atoms with Gasteiger partial charge >= 0.3 is 0 Å². The second-order valence-electron chi connectivity index (χ2n) is 8.45. The van der Waals surface area contributed by atoms with Crippen molar-refractivity contribution in [1.82, 2.24) is 14.5 Å². The summed E-state index contributed by atoms with van der Waals surface area (Å²) in [5, 5.41) is 0. The third kappa shape index (κ3) is 5.06. The van der Waals surface area contributed by atoms with Crippen LogP contribution < -0.4 is 14.2 Å². The SMILES string of the molecule is CC(C)C(NS(=O)(=O)c1ccccc1)C(=O)N1CCN(Cc2ccc3c(c2)OCO3)CC1. The van der Waals surface area contributed by atoms with Gasteiger partial charge in [0.2, 0.25) is 22.7 Å². The molecule has 8 nitrogen and oxygen atoms in total. The molecule has 0 radical (unpaired) electrons. The molecular weight excluding hydrogens is 430 g/mol. The van der Waals surface area contributed by atoms with Gasteiger partial charge in [-0.05, 0) is 35.7 Å². The number of piperazine rings is 1. The van der Waals surface area contributed by atoms with Crippen LogP contribution in [0, 0.1) is 5.92 Å². The van der Waals surface area contributed by atoms with Crippen LogP contribution in [0.3, 0.4) is 0 Å². The molecule has 1 unspecified atom stereocenters. The molecule has 2 aliphatic heterocycles. The second-order valence-corrected chi connectivity index (χ2v) is 10.2. The fourth-order valence-corrected chi connectivity index (χ4v) is 5.29. The van der Waals surface area contributed by atoms with Crippen molar-refractivity contribution in [3.8, 4) is 11.5 Å². The lowest BCUT2D eigenvalue weighted by atomic mass is 10.0. The van der Waals surface area contributed by atoms with Gasteiger partial charge in [-0.2, -0.15) is 4.72 Å². The van der Waals surface area contributed by atoms with Gasteiger partial charge in [-0.1, -0.05) is 38.1 Å². The van der Waals surface area contributed by atoms with E-state index in [4.69, 9.17) is 9.47 Å². The Balaban J connectivity index is 1.35. The Bertz CT molecular complexity index is 1050. The molecule has 1 amide bonds. The molecular formula is C23H29N3O5S. The maximum absolute atomic E-state index is 13.2. The van der Waals surface area contributed by atoms with E-state index in [1.165, 1.54) is 12.1 Å². The van der Waals surface area contributed by atoms with Crippen molar-refractivity contribution in [2.45, 2.75) is 31.3 Å².